The molecule has 3 N–H and O–H groups in total. The zero-order valence-corrected chi connectivity index (χ0v) is 16.8. The van der Waals surface area contributed by atoms with Crippen molar-refractivity contribution in [3.8, 4) is 0 Å². The Labute approximate surface area is 166 Å². The van der Waals surface area contributed by atoms with Crippen molar-refractivity contribution in [2.45, 2.75) is 32.5 Å². The monoisotopic (exact) mass is 388 g/mol. The molecule has 7 nitrogen and oxygen atoms in total. The Morgan fingerprint density at radius 1 is 1.14 bits per heavy atom. The second-order valence-corrected chi connectivity index (χ2v) is 8.67. The summed E-state index contributed by atoms with van der Waals surface area (Å²) < 4.78 is 0. The fourth-order valence-corrected chi connectivity index (χ4v) is 5.40. The van der Waals surface area contributed by atoms with Crippen LogP contribution in [-0.2, 0) is 4.79 Å². The minimum atomic E-state index is -0.835. The summed E-state index contributed by atoms with van der Waals surface area (Å²) in [4.78, 5) is 22.1. The van der Waals surface area contributed by atoms with Gasteiger partial charge in [0.1, 0.15) is 0 Å². The standard InChI is InChI=1S/C21H32N4O3/c1-13-10-15(4-5-23-13)24-6-3-7-25(9-8-24)21(28)18-14(2)19(26)20(27)17-12-22-11-16(17)18/h4-5,10,14,16-20,22,26-27H,3,6-9,11-12H2,1-2H3/t14-,16+,17+,18+,19+,20+/m1/s1. The summed E-state index contributed by atoms with van der Waals surface area (Å²) in [6, 6.07) is 4.12. The summed E-state index contributed by atoms with van der Waals surface area (Å²) in [6.07, 6.45) is 1.18. The van der Waals surface area contributed by atoms with Gasteiger partial charge in [-0.15, -0.1) is 0 Å². The molecule has 7 heteroatoms. The van der Waals surface area contributed by atoms with E-state index < -0.39 is 12.2 Å². The largest absolute Gasteiger partial charge is 0.390 e. The van der Waals surface area contributed by atoms with Crippen molar-refractivity contribution in [1.82, 2.24) is 15.2 Å². The molecule has 3 fully saturated rings. The topological polar surface area (TPSA) is 88.9 Å². The van der Waals surface area contributed by atoms with Crippen molar-refractivity contribution in [3.63, 3.8) is 0 Å². The molecule has 0 aromatic carbocycles. The molecule has 3 aliphatic rings. The number of aryl methyl sites for hydroxylation is 1. The van der Waals surface area contributed by atoms with Gasteiger partial charge < -0.3 is 25.3 Å². The van der Waals surface area contributed by atoms with Gasteiger partial charge in [-0.2, -0.15) is 0 Å². The molecule has 0 bridgehead atoms. The van der Waals surface area contributed by atoms with Gasteiger partial charge in [-0.25, -0.2) is 0 Å². The smallest absolute Gasteiger partial charge is 0.226 e. The first-order valence-electron chi connectivity index (χ1n) is 10.5. The Morgan fingerprint density at radius 3 is 2.71 bits per heavy atom. The van der Waals surface area contributed by atoms with E-state index in [1.165, 1.54) is 0 Å². The van der Waals surface area contributed by atoms with Crippen LogP contribution in [0.2, 0.25) is 0 Å². The van der Waals surface area contributed by atoms with E-state index in [2.05, 4.69) is 21.3 Å². The van der Waals surface area contributed by atoms with Crippen LogP contribution in [0.25, 0.3) is 0 Å². The molecule has 28 heavy (non-hydrogen) atoms. The van der Waals surface area contributed by atoms with E-state index in [1.807, 2.05) is 31.0 Å². The molecule has 6 atom stereocenters. The number of pyridine rings is 1. The molecule has 2 saturated heterocycles. The van der Waals surface area contributed by atoms with Crippen molar-refractivity contribution in [2.24, 2.45) is 23.7 Å². The van der Waals surface area contributed by atoms with Crippen LogP contribution in [0.4, 0.5) is 5.69 Å². The van der Waals surface area contributed by atoms with Crippen molar-refractivity contribution >= 4 is 11.6 Å². The third kappa shape index (κ3) is 3.51. The fourth-order valence-electron chi connectivity index (χ4n) is 5.40. The van der Waals surface area contributed by atoms with Crippen LogP contribution in [0.3, 0.4) is 0 Å². The SMILES string of the molecule is Cc1cc(N2CCCN(C(=O)[C@H]3[C@@H](C)[C@H](O)[C@@H](O)[C@H]4CNC[C@@H]43)CC2)ccn1. The summed E-state index contributed by atoms with van der Waals surface area (Å²) in [6.45, 7) is 8.47. The average Bonchev–Trinajstić information content (AvgIpc) is 3.03. The van der Waals surface area contributed by atoms with Crippen LogP contribution in [0.15, 0.2) is 18.3 Å². The second-order valence-electron chi connectivity index (χ2n) is 8.67. The lowest BCUT2D eigenvalue weighted by molar-refractivity contribution is -0.155. The highest BCUT2D eigenvalue weighted by atomic mass is 16.3. The lowest BCUT2D eigenvalue weighted by Crippen LogP contribution is -2.56. The number of hydrogen-bond donors (Lipinski definition) is 3. The molecule has 0 spiro atoms. The third-order valence-electron chi connectivity index (χ3n) is 7.00. The average molecular weight is 389 g/mol. The number of carbonyl (C=O) groups excluding carboxylic acids is 1. The molecule has 154 valence electrons. The number of nitrogens with zero attached hydrogens (tertiary/aromatic N) is 3. The molecule has 1 saturated carbocycles. The second kappa shape index (κ2) is 7.97. The predicted molar refractivity (Wildman–Crippen MR) is 107 cm³/mol. The first-order chi connectivity index (χ1) is 13.5. The minimum absolute atomic E-state index is 0.0385. The van der Waals surface area contributed by atoms with Crippen molar-refractivity contribution in [2.75, 3.05) is 44.2 Å². The van der Waals surface area contributed by atoms with Gasteiger partial charge in [0.05, 0.1) is 12.2 Å². The number of fused-ring (bicyclic) bond motifs is 1. The van der Waals surface area contributed by atoms with Gasteiger partial charge >= 0.3 is 0 Å². The number of aliphatic hydroxyl groups is 2. The normalized spacial score (nSPS) is 36.1. The Bertz CT molecular complexity index is 715. The molecule has 4 rings (SSSR count). The number of rotatable bonds is 2. The Morgan fingerprint density at radius 2 is 1.93 bits per heavy atom. The zero-order valence-electron chi connectivity index (χ0n) is 16.8. The van der Waals surface area contributed by atoms with Crippen molar-refractivity contribution in [3.05, 3.63) is 24.0 Å². The number of aromatic nitrogens is 1. The number of anilines is 1. The third-order valence-corrected chi connectivity index (χ3v) is 7.00. The maximum Gasteiger partial charge on any atom is 0.226 e. The Kier molecular flexibility index (Phi) is 5.58. The summed E-state index contributed by atoms with van der Waals surface area (Å²) >= 11 is 0. The number of hydrogen-bond acceptors (Lipinski definition) is 6. The van der Waals surface area contributed by atoms with Gasteiger partial charge in [-0.05, 0) is 43.9 Å². The molecular formula is C21H32N4O3. The van der Waals surface area contributed by atoms with E-state index >= 15 is 0 Å². The van der Waals surface area contributed by atoms with Crippen molar-refractivity contribution < 1.29 is 15.0 Å². The molecule has 3 heterocycles. The molecule has 0 unspecified atom stereocenters. The Balaban J connectivity index is 1.47. The maximum absolute atomic E-state index is 13.5. The number of nitrogens with one attached hydrogen (secondary N) is 1. The maximum atomic E-state index is 13.5. The highest BCUT2D eigenvalue weighted by Crippen LogP contribution is 2.42. The first kappa shape index (κ1) is 19.6. The number of carbonyl (C=O) groups is 1. The Hall–Kier alpha value is -1.70. The van der Waals surface area contributed by atoms with Gasteiger partial charge in [0.25, 0.3) is 0 Å². The summed E-state index contributed by atoms with van der Waals surface area (Å²) in [5.74, 6) is -0.254. The van der Waals surface area contributed by atoms with Crippen LogP contribution >= 0.6 is 0 Å². The van der Waals surface area contributed by atoms with E-state index in [0.717, 1.165) is 44.0 Å². The van der Waals surface area contributed by atoms with Crippen LogP contribution in [-0.4, -0.2) is 77.5 Å². The van der Waals surface area contributed by atoms with E-state index in [-0.39, 0.29) is 29.6 Å². The number of aliphatic hydroxyl groups excluding tert-OH is 2. The first-order valence-corrected chi connectivity index (χ1v) is 10.5. The minimum Gasteiger partial charge on any atom is -0.390 e. The van der Waals surface area contributed by atoms with Crippen LogP contribution in [0.5, 0.6) is 0 Å². The summed E-state index contributed by atoms with van der Waals surface area (Å²) in [5.41, 5.74) is 2.16. The molecule has 1 aliphatic carbocycles. The number of amides is 1. The lowest BCUT2D eigenvalue weighted by Gasteiger charge is -2.44. The molecule has 2 aliphatic heterocycles. The summed E-state index contributed by atoms with van der Waals surface area (Å²) in [7, 11) is 0. The van der Waals surface area contributed by atoms with E-state index in [0.29, 0.717) is 13.1 Å². The van der Waals surface area contributed by atoms with Gasteiger partial charge in [0.15, 0.2) is 0 Å². The van der Waals surface area contributed by atoms with Crippen LogP contribution < -0.4 is 10.2 Å². The van der Waals surface area contributed by atoms with Gasteiger partial charge in [-0.3, -0.25) is 9.78 Å². The van der Waals surface area contributed by atoms with Crippen molar-refractivity contribution in [1.29, 1.82) is 0 Å². The predicted octanol–water partition coefficient (Wildman–Crippen LogP) is 0.252. The highest BCUT2D eigenvalue weighted by molar-refractivity contribution is 5.80. The molecule has 0 radical (unpaired) electrons. The van der Waals surface area contributed by atoms with E-state index in [9.17, 15) is 15.0 Å². The molecule has 1 aromatic rings. The molecule has 1 amide bonds. The highest BCUT2D eigenvalue weighted by Gasteiger charge is 2.52. The van der Waals surface area contributed by atoms with Gasteiger partial charge in [-0.1, -0.05) is 6.92 Å². The van der Waals surface area contributed by atoms with Gasteiger partial charge in [0.2, 0.25) is 5.91 Å². The zero-order chi connectivity index (χ0) is 19.8. The van der Waals surface area contributed by atoms with E-state index in [4.69, 9.17) is 0 Å². The molecule has 1 aromatic heterocycles. The van der Waals surface area contributed by atoms with E-state index in [1.54, 1.807) is 0 Å². The quantitative estimate of drug-likeness (QED) is 0.673. The lowest BCUT2D eigenvalue weighted by atomic mass is 9.65. The van der Waals surface area contributed by atoms with Crippen LogP contribution in [0, 0.1) is 30.6 Å². The van der Waals surface area contributed by atoms with Gasteiger partial charge in [0, 0.05) is 62.1 Å². The fraction of sp³-hybridized carbons (Fsp3) is 0.714. The summed E-state index contributed by atoms with van der Waals surface area (Å²) in [5, 5.41) is 24.3. The van der Waals surface area contributed by atoms with Crippen LogP contribution in [0.1, 0.15) is 19.0 Å². The molecular weight excluding hydrogens is 356 g/mol.